The molecule has 5 aromatic heterocycles. The number of alkyl halides is 1. The molecule has 0 aliphatic rings. The van der Waals surface area contributed by atoms with E-state index in [4.69, 9.17) is 0 Å². The minimum atomic E-state index is -1.67. The molecule has 5 aromatic rings. The van der Waals surface area contributed by atoms with Gasteiger partial charge in [0.25, 0.3) is 5.91 Å². The lowest BCUT2D eigenvalue weighted by atomic mass is 10.0. The number of amides is 1. The zero-order valence-electron chi connectivity index (χ0n) is 21.1. The van der Waals surface area contributed by atoms with Crippen molar-refractivity contribution < 1.29 is 14.3 Å². The van der Waals surface area contributed by atoms with E-state index >= 15 is 0 Å². The summed E-state index contributed by atoms with van der Waals surface area (Å²) in [4.78, 5) is 21.8. The topological polar surface area (TPSA) is 146 Å². The van der Waals surface area contributed by atoms with Crippen molar-refractivity contribution in [2.75, 3.05) is 11.9 Å². The number of rotatable bonds is 8. The van der Waals surface area contributed by atoms with E-state index in [1.807, 2.05) is 18.2 Å². The summed E-state index contributed by atoms with van der Waals surface area (Å²) in [5, 5.41) is 33.5. The Kier molecular flexibility index (Phi) is 6.74. The highest BCUT2D eigenvalue weighted by Crippen LogP contribution is 2.28. The van der Waals surface area contributed by atoms with Crippen LogP contribution >= 0.6 is 0 Å². The van der Waals surface area contributed by atoms with Gasteiger partial charge in [-0.2, -0.15) is 15.5 Å². The van der Waals surface area contributed by atoms with Gasteiger partial charge in [-0.3, -0.25) is 9.78 Å². The van der Waals surface area contributed by atoms with Gasteiger partial charge in [-0.05, 0) is 50.2 Å². The Labute approximate surface area is 222 Å². The molecule has 196 valence electrons. The smallest absolute Gasteiger partial charge is 0.255 e. The summed E-state index contributed by atoms with van der Waals surface area (Å²) in [6.45, 7) is 2.29. The maximum absolute atomic E-state index is 14.3. The first-order valence-electron chi connectivity index (χ1n) is 12.0. The molecule has 0 aliphatic carbocycles. The third-order valence-corrected chi connectivity index (χ3v) is 5.99. The predicted molar refractivity (Wildman–Crippen MR) is 141 cm³/mol. The number of aromatic nitrogens is 6. The molecule has 1 atom stereocenters. The van der Waals surface area contributed by atoms with Crippen LogP contribution in [-0.2, 0) is 0 Å². The number of anilines is 2. The lowest BCUT2D eigenvalue weighted by Crippen LogP contribution is -2.42. The van der Waals surface area contributed by atoms with Crippen LogP contribution in [0.1, 0.15) is 29.8 Å². The molecule has 0 spiro atoms. The fourth-order valence-corrected chi connectivity index (χ4v) is 3.82. The molecule has 39 heavy (non-hydrogen) atoms. The maximum atomic E-state index is 14.3. The summed E-state index contributed by atoms with van der Waals surface area (Å²) in [5.41, 5.74) is 1.79. The van der Waals surface area contributed by atoms with Gasteiger partial charge in [-0.25, -0.2) is 18.6 Å². The van der Waals surface area contributed by atoms with Crippen molar-refractivity contribution in [1.29, 1.82) is 5.26 Å². The van der Waals surface area contributed by atoms with Crippen LogP contribution in [-0.4, -0.2) is 58.7 Å². The predicted octanol–water partition coefficient (Wildman–Crippen LogP) is 3.43. The van der Waals surface area contributed by atoms with Gasteiger partial charge in [0.1, 0.15) is 12.2 Å². The SMILES string of the molecule is CC(C)(O)C(F)CNC(=O)c1cnc(-c2ccc3cc(C#N)cnn23)cc1Nc1cnn(-c2ccccn2)c1. The van der Waals surface area contributed by atoms with Crippen molar-refractivity contribution in [2.24, 2.45) is 0 Å². The van der Waals surface area contributed by atoms with Crippen LogP contribution in [0.5, 0.6) is 0 Å². The Morgan fingerprint density at radius 2 is 2.00 bits per heavy atom. The number of nitriles is 1. The average molecular weight is 526 g/mol. The van der Waals surface area contributed by atoms with Crippen LogP contribution in [0.15, 0.2) is 73.4 Å². The van der Waals surface area contributed by atoms with E-state index in [-0.39, 0.29) is 12.1 Å². The van der Waals surface area contributed by atoms with Gasteiger partial charge in [0.15, 0.2) is 5.82 Å². The van der Waals surface area contributed by atoms with Gasteiger partial charge in [-0.15, -0.1) is 0 Å². The van der Waals surface area contributed by atoms with Crippen molar-refractivity contribution in [3.63, 3.8) is 0 Å². The van der Waals surface area contributed by atoms with Crippen molar-refractivity contribution in [2.45, 2.75) is 25.6 Å². The Morgan fingerprint density at radius 3 is 2.74 bits per heavy atom. The van der Waals surface area contributed by atoms with Crippen LogP contribution in [0.25, 0.3) is 22.7 Å². The number of hydrogen-bond donors (Lipinski definition) is 3. The van der Waals surface area contributed by atoms with Gasteiger partial charge in [0.2, 0.25) is 0 Å². The van der Waals surface area contributed by atoms with E-state index in [9.17, 15) is 19.6 Å². The van der Waals surface area contributed by atoms with E-state index in [0.29, 0.717) is 39.7 Å². The standard InChI is InChI=1S/C27H24FN9O2/c1-27(2,39)24(28)15-32-26(38)20-14-31-22(23-7-6-19-9-17(11-29)12-34-37(19)23)10-21(20)35-18-13-33-36(16-18)25-5-3-4-8-30-25/h3-10,12-14,16,24,39H,15H2,1-2H3,(H,31,35)(H,32,38). The molecule has 0 fully saturated rings. The van der Waals surface area contributed by atoms with Crippen molar-refractivity contribution in [1.82, 2.24) is 34.7 Å². The second-order valence-electron chi connectivity index (χ2n) is 9.34. The Hall–Kier alpha value is -5.15. The average Bonchev–Trinajstić information content (AvgIpc) is 3.58. The first-order chi connectivity index (χ1) is 18.7. The number of fused-ring (bicyclic) bond motifs is 1. The van der Waals surface area contributed by atoms with Gasteiger partial charge < -0.3 is 15.7 Å². The van der Waals surface area contributed by atoms with E-state index in [2.05, 4.69) is 36.9 Å². The molecule has 5 heterocycles. The fourth-order valence-electron chi connectivity index (χ4n) is 3.82. The monoisotopic (exact) mass is 525 g/mol. The molecule has 0 saturated heterocycles. The molecule has 0 aromatic carbocycles. The van der Waals surface area contributed by atoms with Crippen molar-refractivity contribution >= 4 is 22.8 Å². The van der Waals surface area contributed by atoms with Crippen LogP contribution in [0, 0.1) is 11.3 Å². The zero-order chi connectivity index (χ0) is 27.6. The summed E-state index contributed by atoms with van der Waals surface area (Å²) in [5.74, 6) is 0.0411. The summed E-state index contributed by atoms with van der Waals surface area (Å²) >= 11 is 0. The molecule has 0 aliphatic heterocycles. The molecule has 3 N–H and O–H groups in total. The normalized spacial score (nSPS) is 12.2. The lowest BCUT2D eigenvalue weighted by Gasteiger charge is -2.22. The van der Waals surface area contributed by atoms with Gasteiger partial charge in [0, 0.05) is 12.4 Å². The molecular weight excluding hydrogens is 501 g/mol. The first-order valence-corrected chi connectivity index (χ1v) is 12.0. The largest absolute Gasteiger partial charge is 0.387 e. The number of carbonyl (C=O) groups excluding carboxylic acids is 1. The molecule has 0 radical (unpaired) electrons. The van der Waals surface area contributed by atoms with Gasteiger partial charge >= 0.3 is 0 Å². The minimum Gasteiger partial charge on any atom is -0.387 e. The van der Waals surface area contributed by atoms with E-state index in [1.165, 1.54) is 26.2 Å². The number of hydrogen-bond acceptors (Lipinski definition) is 8. The van der Waals surface area contributed by atoms with Gasteiger partial charge in [-0.1, -0.05) is 6.07 Å². The number of pyridine rings is 2. The Morgan fingerprint density at radius 1 is 1.15 bits per heavy atom. The third-order valence-electron chi connectivity index (χ3n) is 5.99. The second-order valence-corrected chi connectivity index (χ2v) is 9.34. The van der Waals surface area contributed by atoms with E-state index < -0.39 is 17.7 Å². The van der Waals surface area contributed by atoms with Crippen LogP contribution in [0.3, 0.4) is 0 Å². The molecule has 0 saturated carbocycles. The number of nitrogens with zero attached hydrogens (tertiary/aromatic N) is 7. The van der Waals surface area contributed by atoms with Gasteiger partial charge in [0.05, 0.1) is 70.1 Å². The molecule has 11 nitrogen and oxygen atoms in total. The number of nitrogens with one attached hydrogen (secondary N) is 2. The maximum Gasteiger partial charge on any atom is 0.255 e. The first kappa shape index (κ1) is 25.5. The minimum absolute atomic E-state index is 0.160. The number of halogens is 1. The van der Waals surface area contributed by atoms with Crippen molar-refractivity contribution in [3.05, 3.63) is 84.6 Å². The highest BCUT2D eigenvalue weighted by Gasteiger charge is 2.27. The number of aliphatic hydroxyl groups is 1. The van der Waals surface area contributed by atoms with Crippen LogP contribution in [0.2, 0.25) is 0 Å². The van der Waals surface area contributed by atoms with E-state index in [0.717, 1.165) is 0 Å². The Balaban J connectivity index is 1.50. The molecule has 0 bridgehead atoms. The summed E-state index contributed by atoms with van der Waals surface area (Å²) in [7, 11) is 0. The molecule has 1 amide bonds. The highest BCUT2D eigenvalue weighted by molar-refractivity contribution is 6.00. The lowest BCUT2D eigenvalue weighted by molar-refractivity contribution is -0.00177. The zero-order valence-corrected chi connectivity index (χ0v) is 21.1. The van der Waals surface area contributed by atoms with Crippen LogP contribution in [0.4, 0.5) is 15.8 Å². The molecular formula is C27H24FN9O2. The molecule has 12 heteroatoms. The molecule has 1 unspecified atom stereocenters. The van der Waals surface area contributed by atoms with Crippen LogP contribution < -0.4 is 10.6 Å². The fraction of sp³-hybridized carbons (Fsp3) is 0.185. The van der Waals surface area contributed by atoms with Crippen molar-refractivity contribution in [3.8, 4) is 23.3 Å². The Bertz CT molecular complexity index is 1680. The third kappa shape index (κ3) is 5.43. The quantitative estimate of drug-likeness (QED) is 0.279. The second kappa shape index (κ2) is 10.3. The highest BCUT2D eigenvalue weighted by atomic mass is 19.1. The molecule has 5 rings (SSSR count). The van der Waals surface area contributed by atoms with E-state index in [1.54, 1.807) is 52.1 Å². The summed E-state index contributed by atoms with van der Waals surface area (Å²) in [6, 6.07) is 14.5. The number of carbonyl (C=O) groups is 1. The summed E-state index contributed by atoms with van der Waals surface area (Å²) in [6.07, 6.45) is 6.13. The summed E-state index contributed by atoms with van der Waals surface area (Å²) < 4.78 is 17.5.